The summed E-state index contributed by atoms with van der Waals surface area (Å²) in [7, 11) is 0. The minimum atomic E-state index is -1.20. The Kier molecular flexibility index (Phi) is 4.47. The quantitative estimate of drug-likeness (QED) is 0.909. The summed E-state index contributed by atoms with van der Waals surface area (Å²) in [6.45, 7) is 0.0305. The van der Waals surface area contributed by atoms with Crippen LogP contribution in [0.1, 0.15) is 15.9 Å². The molecule has 0 aliphatic rings. The van der Waals surface area contributed by atoms with E-state index >= 15 is 0 Å². The topological polar surface area (TPSA) is 46.5 Å². The number of aromatic carboxylic acids is 1. The van der Waals surface area contributed by atoms with Gasteiger partial charge in [0.15, 0.2) is 11.6 Å². The monoisotopic (exact) mass is 314 g/mol. The minimum Gasteiger partial charge on any atom is -0.486 e. The summed E-state index contributed by atoms with van der Waals surface area (Å²) < 4.78 is 18.9. The van der Waals surface area contributed by atoms with Crippen LogP contribution in [0, 0.1) is 5.82 Å². The Hall–Kier alpha value is -1.78. The number of rotatable bonds is 4. The molecule has 0 aliphatic carbocycles. The van der Waals surface area contributed by atoms with Crippen molar-refractivity contribution in [2.24, 2.45) is 0 Å². The van der Waals surface area contributed by atoms with Crippen molar-refractivity contribution < 1.29 is 19.0 Å². The third kappa shape index (κ3) is 3.21. The molecular weight excluding hydrogens is 306 g/mol. The zero-order valence-corrected chi connectivity index (χ0v) is 11.6. The van der Waals surface area contributed by atoms with Crippen LogP contribution in [0.4, 0.5) is 4.39 Å². The second-order valence-corrected chi connectivity index (χ2v) is 4.74. The number of carboxylic acid groups (broad SMARTS) is 1. The summed E-state index contributed by atoms with van der Waals surface area (Å²) in [6.07, 6.45) is 0. The molecule has 6 heteroatoms. The smallest absolute Gasteiger partial charge is 0.335 e. The summed E-state index contributed by atoms with van der Waals surface area (Å²) in [5, 5.41) is 9.46. The minimum absolute atomic E-state index is 0.0305. The Morgan fingerprint density at radius 3 is 2.65 bits per heavy atom. The molecule has 0 spiro atoms. The van der Waals surface area contributed by atoms with Gasteiger partial charge in [-0.25, -0.2) is 9.18 Å². The lowest BCUT2D eigenvalue weighted by atomic mass is 10.2. The highest BCUT2D eigenvalue weighted by molar-refractivity contribution is 6.42. The summed E-state index contributed by atoms with van der Waals surface area (Å²) in [5.41, 5.74) is 0.469. The third-order valence-electron chi connectivity index (χ3n) is 2.59. The molecule has 1 N–H and O–H groups in total. The molecule has 0 fully saturated rings. The van der Waals surface area contributed by atoms with Crippen LogP contribution in [0.2, 0.25) is 10.0 Å². The molecule has 0 atom stereocenters. The molecule has 0 amide bonds. The molecule has 3 nitrogen and oxygen atoms in total. The number of ether oxygens (including phenoxy) is 1. The van der Waals surface area contributed by atoms with Crippen molar-refractivity contribution in [1.82, 2.24) is 0 Å². The van der Waals surface area contributed by atoms with Crippen LogP contribution in [0.15, 0.2) is 36.4 Å². The molecule has 0 bridgehead atoms. The first kappa shape index (κ1) is 14.6. The largest absolute Gasteiger partial charge is 0.486 e. The Morgan fingerprint density at radius 1 is 1.25 bits per heavy atom. The van der Waals surface area contributed by atoms with E-state index in [4.69, 9.17) is 33.0 Å². The standard InChI is InChI=1S/C14H9Cl2FO3/c15-10-3-1-2-9(13(10)16)7-20-12-5-4-8(14(18)19)6-11(12)17/h1-6H,7H2,(H,18,19). The first-order chi connectivity index (χ1) is 9.49. The zero-order chi connectivity index (χ0) is 14.7. The molecule has 0 aliphatic heterocycles. The maximum atomic E-state index is 13.6. The SMILES string of the molecule is O=C(O)c1ccc(OCc2cccc(Cl)c2Cl)c(F)c1. The molecule has 0 radical (unpaired) electrons. The van der Waals surface area contributed by atoms with Crippen molar-refractivity contribution >= 4 is 29.2 Å². The van der Waals surface area contributed by atoms with Gasteiger partial charge < -0.3 is 9.84 Å². The predicted molar refractivity (Wildman–Crippen MR) is 74.2 cm³/mol. The van der Waals surface area contributed by atoms with Gasteiger partial charge in [0.2, 0.25) is 0 Å². The van der Waals surface area contributed by atoms with Crippen molar-refractivity contribution in [3.63, 3.8) is 0 Å². The van der Waals surface area contributed by atoms with Crippen molar-refractivity contribution in [3.8, 4) is 5.75 Å². The number of benzene rings is 2. The molecule has 0 saturated carbocycles. The fraction of sp³-hybridized carbons (Fsp3) is 0.0714. The normalized spacial score (nSPS) is 10.3. The Morgan fingerprint density at radius 2 is 2.00 bits per heavy atom. The molecule has 0 heterocycles. The van der Waals surface area contributed by atoms with Gasteiger partial charge >= 0.3 is 5.97 Å². The highest BCUT2D eigenvalue weighted by atomic mass is 35.5. The Labute approximate surface area is 124 Å². The number of carboxylic acids is 1. The van der Waals surface area contributed by atoms with Gasteiger partial charge in [-0.05, 0) is 24.3 Å². The predicted octanol–water partition coefficient (Wildman–Crippen LogP) is 4.41. The molecule has 2 aromatic rings. The average Bonchev–Trinajstić information content (AvgIpc) is 2.41. The second-order valence-electron chi connectivity index (χ2n) is 3.95. The second kappa shape index (κ2) is 6.11. The fourth-order valence-corrected chi connectivity index (χ4v) is 1.94. The highest BCUT2D eigenvalue weighted by Gasteiger charge is 2.10. The number of carbonyl (C=O) groups is 1. The lowest BCUT2D eigenvalue weighted by molar-refractivity contribution is 0.0696. The van der Waals surface area contributed by atoms with E-state index in [-0.39, 0.29) is 17.9 Å². The molecule has 2 aromatic carbocycles. The van der Waals surface area contributed by atoms with E-state index in [1.165, 1.54) is 12.1 Å². The van der Waals surface area contributed by atoms with Crippen molar-refractivity contribution in [1.29, 1.82) is 0 Å². The molecule has 104 valence electrons. The maximum Gasteiger partial charge on any atom is 0.335 e. The molecule has 0 unspecified atom stereocenters. The molecule has 2 rings (SSSR count). The van der Waals surface area contributed by atoms with E-state index in [0.717, 1.165) is 6.07 Å². The Bertz CT molecular complexity index is 659. The first-order valence-electron chi connectivity index (χ1n) is 5.57. The van der Waals surface area contributed by atoms with Gasteiger partial charge in [0.05, 0.1) is 15.6 Å². The van der Waals surface area contributed by atoms with Gasteiger partial charge in [-0.15, -0.1) is 0 Å². The van der Waals surface area contributed by atoms with Crippen LogP contribution in [-0.4, -0.2) is 11.1 Å². The lowest BCUT2D eigenvalue weighted by Gasteiger charge is -2.09. The van der Waals surface area contributed by atoms with E-state index in [1.807, 2.05) is 0 Å². The molecule has 20 heavy (non-hydrogen) atoms. The fourth-order valence-electron chi connectivity index (χ4n) is 1.57. The van der Waals surface area contributed by atoms with E-state index in [1.54, 1.807) is 18.2 Å². The van der Waals surface area contributed by atoms with Crippen molar-refractivity contribution in [3.05, 3.63) is 63.4 Å². The van der Waals surface area contributed by atoms with Gasteiger partial charge in [0.25, 0.3) is 0 Å². The average molecular weight is 315 g/mol. The van der Waals surface area contributed by atoms with Crippen LogP contribution >= 0.6 is 23.2 Å². The van der Waals surface area contributed by atoms with E-state index in [2.05, 4.69) is 0 Å². The van der Waals surface area contributed by atoms with Crippen LogP contribution < -0.4 is 4.74 Å². The summed E-state index contributed by atoms with van der Waals surface area (Å²) in [4.78, 5) is 10.7. The maximum absolute atomic E-state index is 13.6. The molecule has 0 saturated heterocycles. The van der Waals surface area contributed by atoms with Gasteiger partial charge in [-0.1, -0.05) is 35.3 Å². The number of halogens is 3. The number of hydrogen-bond donors (Lipinski definition) is 1. The van der Waals surface area contributed by atoms with Crippen molar-refractivity contribution in [2.75, 3.05) is 0 Å². The van der Waals surface area contributed by atoms with Crippen LogP contribution in [0.3, 0.4) is 0 Å². The van der Waals surface area contributed by atoms with Crippen LogP contribution in [-0.2, 0) is 6.61 Å². The summed E-state index contributed by atoms with van der Waals surface area (Å²) >= 11 is 11.8. The third-order valence-corrected chi connectivity index (χ3v) is 3.45. The summed E-state index contributed by atoms with van der Waals surface area (Å²) in [6, 6.07) is 8.47. The Balaban J connectivity index is 2.15. The summed E-state index contributed by atoms with van der Waals surface area (Å²) in [5.74, 6) is -2.00. The molecule has 0 aromatic heterocycles. The van der Waals surface area contributed by atoms with Crippen molar-refractivity contribution in [2.45, 2.75) is 6.61 Å². The van der Waals surface area contributed by atoms with E-state index in [0.29, 0.717) is 15.6 Å². The van der Waals surface area contributed by atoms with Crippen LogP contribution in [0.5, 0.6) is 5.75 Å². The highest BCUT2D eigenvalue weighted by Crippen LogP contribution is 2.27. The van der Waals surface area contributed by atoms with Gasteiger partial charge in [0.1, 0.15) is 6.61 Å². The molecular formula is C14H9Cl2FO3. The van der Waals surface area contributed by atoms with Gasteiger partial charge in [-0.2, -0.15) is 0 Å². The lowest BCUT2D eigenvalue weighted by Crippen LogP contribution is -2.01. The van der Waals surface area contributed by atoms with Gasteiger partial charge in [-0.3, -0.25) is 0 Å². The first-order valence-corrected chi connectivity index (χ1v) is 6.33. The van der Waals surface area contributed by atoms with Gasteiger partial charge in [0, 0.05) is 5.56 Å². The zero-order valence-electron chi connectivity index (χ0n) is 10.1. The van der Waals surface area contributed by atoms with Crippen LogP contribution in [0.25, 0.3) is 0 Å². The van der Waals surface area contributed by atoms with E-state index in [9.17, 15) is 9.18 Å². The van der Waals surface area contributed by atoms with E-state index < -0.39 is 11.8 Å². The number of hydrogen-bond acceptors (Lipinski definition) is 2.